The van der Waals surface area contributed by atoms with Gasteiger partial charge in [-0.2, -0.15) is 4.98 Å². The maximum absolute atomic E-state index is 11.8. The van der Waals surface area contributed by atoms with Crippen LogP contribution in [0.25, 0.3) is 0 Å². The zero-order valence-corrected chi connectivity index (χ0v) is 15.6. The van der Waals surface area contributed by atoms with E-state index in [1.807, 2.05) is 34.6 Å². The predicted octanol–water partition coefficient (Wildman–Crippen LogP) is 4.66. The molecule has 5 nitrogen and oxygen atoms in total. The van der Waals surface area contributed by atoms with Crippen LogP contribution in [0.4, 0.5) is 0 Å². The summed E-state index contributed by atoms with van der Waals surface area (Å²) in [5.41, 5.74) is -0.203. The molecule has 0 spiro atoms. The topological polar surface area (TPSA) is 65.2 Å². The van der Waals surface area contributed by atoms with E-state index in [-0.39, 0.29) is 6.42 Å². The largest absolute Gasteiger partial charge is 0.457 e. The molecule has 0 fully saturated rings. The standard InChI is InChI=1S/C16H26N2O3.C2H6/c1-6-7-8-9-10-13-17-14(21-18-13)11-12(2)15(19)20-16(3,4)5;1-2/h2,6-11H2,1,3-5H3;1-2H3. The number of aromatic nitrogens is 2. The van der Waals surface area contributed by atoms with Gasteiger partial charge in [0.2, 0.25) is 5.89 Å². The van der Waals surface area contributed by atoms with Crippen molar-refractivity contribution in [3.05, 3.63) is 23.9 Å². The fraction of sp³-hybridized carbons (Fsp3) is 0.722. The lowest BCUT2D eigenvalue weighted by molar-refractivity contribution is -0.150. The molecular weight excluding hydrogens is 292 g/mol. The average Bonchev–Trinajstić information content (AvgIpc) is 2.91. The maximum atomic E-state index is 11.8. The highest BCUT2D eigenvalue weighted by atomic mass is 16.6. The summed E-state index contributed by atoms with van der Waals surface area (Å²) in [4.78, 5) is 16.1. The van der Waals surface area contributed by atoms with Crippen molar-refractivity contribution in [1.82, 2.24) is 10.1 Å². The Hall–Kier alpha value is -1.65. The molecule has 0 N–H and O–H groups in total. The molecule has 0 saturated carbocycles. The molecule has 0 bridgehead atoms. The van der Waals surface area contributed by atoms with Crippen LogP contribution in [0.2, 0.25) is 0 Å². The molecule has 0 unspecified atom stereocenters. The third kappa shape index (κ3) is 9.87. The zero-order chi connectivity index (χ0) is 17.9. The van der Waals surface area contributed by atoms with E-state index in [4.69, 9.17) is 9.26 Å². The Morgan fingerprint density at radius 2 is 1.87 bits per heavy atom. The van der Waals surface area contributed by atoms with Crippen molar-refractivity contribution < 1.29 is 14.1 Å². The summed E-state index contributed by atoms with van der Waals surface area (Å²) in [5.74, 6) is 0.680. The Morgan fingerprint density at radius 3 is 2.43 bits per heavy atom. The van der Waals surface area contributed by atoms with E-state index < -0.39 is 11.6 Å². The number of carbonyl (C=O) groups is 1. The van der Waals surface area contributed by atoms with Gasteiger partial charge in [-0.05, 0) is 27.2 Å². The van der Waals surface area contributed by atoms with Crippen molar-refractivity contribution in [3.63, 3.8) is 0 Å². The summed E-state index contributed by atoms with van der Waals surface area (Å²) in [6, 6.07) is 0. The first-order valence-corrected chi connectivity index (χ1v) is 8.54. The number of rotatable bonds is 8. The van der Waals surface area contributed by atoms with Gasteiger partial charge < -0.3 is 9.26 Å². The quantitative estimate of drug-likeness (QED) is 0.395. The number of esters is 1. The Bertz CT molecular complexity index is 473. The summed E-state index contributed by atoms with van der Waals surface area (Å²) in [7, 11) is 0. The van der Waals surface area contributed by atoms with E-state index >= 15 is 0 Å². The minimum absolute atomic E-state index is 0.233. The van der Waals surface area contributed by atoms with Crippen LogP contribution in [0, 0.1) is 0 Å². The molecule has 0 aromatic carbocycles. The molecule has 132 valence electrons. The van der Waals surface area contributed by atoms with Crippen LogP contribution >= 0.6 is 0 Å². The van der Waals surface area contributed by atoms with Crippen LogP contribution in [0.5, 0.6) is 0 Å². The van der Waals surface area contributed by atoms with Crippen LogP contribution in [0.1, 0.15) is 78.9 Å². The lowest BCUT2D eigenvalue weighted by Crippen LogP contribution is -2.25. The molecule has 5 heteroatoms. The van der Waals surface area contributed by atoms with E-state index in [0.29, 0.717) is 17.3 Å². The number of carbonyl (C=O) groups excluding carboxylic acids is 1. The second-order valence-electron chi connectivity index (χ2n) is 6.20. The normalized spacial score (nSPS) is 10.7. The van der Waals surface area contributed by atoms with Crippen molar-refractivity contribution in [3.8, 4) is 0 Å². The second-order valence-corrected chi connectivity index (χ2v) is 6.20. The molecule has 1 heterocycles. The highest BCUT2D eigenvalue weighted by Gasteiger charge is 2.20. The highest BCUT2D eigenvalue weighted by Crippen LogP contribution is 2.13. The summed E-state index contributed by atoms with van der Waals surface area (Å²) < 4.78 is 10.4. The van der Waals surface area contributed by atoms with Crippen LogP contribution in [0.15, 0.2) is 16.7 Å². The van der Waals surface area contributed by atoms with Crippen molar-refractivity contribution in [1.29, 1.82) is 0 Å². The van der Waals surface area contributed by atoms with Crippen molar-refractivity contribution in [2.24, 2.45) is 0 Å². The molecule has 0 aliphatic carbocycles. The Labute approximate surface area is 140 Å². The molecule has 0 aliphatic heterocycles. The van der Waals surface area contributed by atoms with Gasteiger partial charge in [-0.25, -0.2) is 4.79 Å². The van der Waals surface area contributed by atoms with Crippen LogP contribution < -0.4 is 0 Å². The SMILES string of the molecule is C=C(Cc1nc(CCCCCC)no1)C(=O)OC(C)(C)C.CC. The van der Waals surface area contributed by atoms with Crippen molar-refractivity contribution >= 4 is 5.97 Å². The van der Waals surface area contributed by atoms with Crippen LogP contribution in [-0.4, -0.2) is 21.7 Å². The predicted molar refractivity (Wildman–Crippen MR) is 92.2 cm³/mol. The first-order valence-electron chi connectivity index (χ1n) is 8.54. The lowest BCUT2D eigenvalue weighted by atomic mass is 10.1. The number of ether oxygens (including phenoxy) is 1. The van der Waals surface area contributed by atoms with Gasteiger partial charge in [-0.15, -0.1) is 0 Å². The van der Waals surface area contributed by atoms with E-state index in [9.17, 15) is 4.79 Å². The van der Waals surface area contributed by atoms with E-state index in [1.165, 1.54) is 19.3 Å². The molecule has 0 atom stereocenters. The van der Waals surface area contributed by atoms with Crippen LogP contribution in [-0.2, 0) is 22.4 Å². The van der Waals surface area contributed by atoms with Gasteiger partial charge in [0.1, 0.15) is 5.60 Å². The molecule has 1 rings (SSSR count). The van der Waals surface area contributed by atoms with Crippen molar-refractivity contribution in [2.75, 3.05) is 0 Å². The van der Waals surface area contributed by atoms with Gasteiger partial charge in [-0.3, -0.25) is 0 Å². The fourth-order valence-electron chi connectivity index (χ4n) is 1.78. The smallest absolute Gasteiger partial charge is 0.334 e. The van der Waals surface area contributed by atoms with E-state index in [1.54, 1.807) is 0 Å². The molecular formula is C18H32N2O3. The van der Waals surface area contributed by atoms with Crippen molar-refractivity contribution in [2.45, 2.75) is 85.7 Å². The van der Waals surface area contributed by atoms with Gasteiger partial charge in [-0.1, -0.05) is 51.8 Å². The summed E-state index contributed by atoms with van der Waals surface area (Å²) >= 11 is 0. The van der Waals surface area contributed by atoms with Gasteiger partial charge >= 0.3 is 5.97 Å². The third-order valence-corrected chi connectivity index (χ3v) is 2.82. The maximum Gasteiger partial charge on any atom is 0.334 e. The van der Waals surface area contributed by atoms with Gasteiger partial charge in [0.15, 0.2) is 5.82 Å². The molecule has 1 aromatic heterocycles. The summed E-state index contributed by atoms with van der Waals surface area (Å²) in [6.45, 7) is 15.4. The minimum atomic E-state index is -0.528. The molecule has 23 heavy (non-hydrogen) atoms. The zero-order valence-electron chi connectivity index (χ0n) is 15.6. The Balaban J connectivity index is 0.00000232. The summed E-state index contributed by atoms with van der Waals surface area (Å²) in [5, 5.41) is 3.92. The van der Waals surface area contributed by atoms with Gasteiger partial charge in [0.05, 0.1) is 6.42 Å². The number of hydrogen-bond acceptors (Lipinski definition) is 5. The number of hydrogen-bond donors (Lipinski definition) is 0. The highest BCUT2D eigenvalue weighted by molar-refractivity contribution is 5.88. The number of aryl methyl sites for hydroxylation is 1. The molecule has 1 aromatic rings. The number of unbranched alkanes of at least 4 members (excludes halogenated alkanes) is 3. The molecule has 0 aliphatic rings. The van der Waals surface area contributed by atoms with E-state index in [0.717, 1.165) is 12.8 Å². The minimum Gasteiger partial charge on any atom is -0.457 e. The molecule has 0 amide bonds. The van der Waals surface area contributed by atoms with Gasteiger partial charge in [0.25, 0.3) is 0 Å². The third-order valence-electron chi connectivity index (χ3n) is 2.82. The Kier molecular flexibility index (Phi) is 10.2. The first kappa shape index (κ1) is 21.4. The fourth-order valence-corrected chi connectivity index (χ4v) is 1.78. The second kappa shape index (κ2) is 11.0. The number of nitrogens with zero attached hydrogens (tertiary/aromatic N) is 2. The Morgan fingerprint density at radius 1 is 1.22 bits per heavy atom. The first-order chi connectivity index (χ1) is 10.8. The van der Waals surface area contributed by atoms with Gasteiger partial charge in [0, 0.05) is 12.0 Å². The van der Waals surface area contributed by atoms with E-state index in [2.05, 4.69) is 23.6 Å². The van der Waals surface area contributed by atoms with Crippen LogP contribution in [0.3, 0.4) is 0 Å². The average molecular weight is 324 g/mol. The molecule has 0 radical (unpaired) electrons. The molecule has 0 saturated heterocycles. The summed E-state index contributed by atoms with van der Waals surface area (Å²) in [6.07, 6.45) is 5.69. The lowest BCUT2D eigenvalue weighted by Gasteiger charge is -2.19. The monoisotopic (exact) mass is 324 g/mol.